The number of aryl methyl sites for hydroxylation is 1. The SMILES string of the molecule is CCn1ncc(Cl)c1C(=O)NCCN1CCCC1. The number of rotatable bonds is 5. The van der Waals surface area contributed by atoms with Crippen molar-refractivity contribution in [1.82, 2.24) is 20.0 Å². The predicted octanol–water partition coefficient (Wildman–Crippen LogP) is 1.38. The molecule has 6 heteroatoms. The number of hydrogen-bond acceptors (Lipinski definition) is 3. The van der Waals surface area contributed by atoms with E-state index in [1.807, 2.05) is 6.92 Å². The third-order valence-corrected chi connectivity index (χ3v) is 3.50. The standard InChI is InChI=1S/C12H19ClN4O/c1-2-17-11(10(13)9-15-17)12(18)14-5-8-16-6-3-4-7-16/h9H,2-8H2,1H3,(H,14,18). The molecule has 18 heavy (non-hydrogen) atoms. The highest BCUT2D eigenvalue weighted by atomic mass is 35.5. The molecule has 1 N–H and O–H groups in total. The van der Waals surface area contributed by atoms with Gasteiger partial charge in [-0.05, 0) is 32.9 Å². The Morgan fingerprint density at radius 1 is 1.50 bits per heavy atom. The second kappa shape index (κ2) is 6.20. The van der Waals surface area contributed by atoms with Crippen LogP contribution in [0.25, 0.3) is 0 Å². The Labute approximate surface area is 112 Å². The van der Waals surface area contributed by atoms with Crippen LogP contribution in [0.5, 0.6) is 0 Å². The summed E-state index contributed by atoms with van der Waals surface area (Å²) in [7, 11) is 0. The molecule has 0 atom stereocenters. The molecular weight excluding hydrogens is 252 g/mol. The van der Waals surface area contributed by atoms with E-state index in [0.29, 0.717) is 23.8 Å². The molecule has 1 aromatic rings. The molecule has 0 aromatic carbocycles. The number of nitrogens with zero attached hydrogens (tertiary/aromatic N) is 3. The smallest absolute Gasteiger partial charge is 0.271 e. The number of likely N-dealkylation sites (tertiary alicyclic amines) is 1. The monoisotopic (exact) mass is 270 g/mol. The number of halogens is 1. The van der Waals surface area contributed by atoms with Gasteiger partial charge in [-0.3, -0.25) is 9.48 Å². The fourth-order valence-corrected chi connectivity index (χ4v) is 2.47. The minimum absolute atomic E-state index is 0.140. The zero-order chi connectivity index (χ0) is 13.0. The molecule has 0 aliphatic carbocycles. The summed E-state index contributed by atoms with van der Waals surface area (Å²) in [6.45, 7) is 6.42. The molecule has 5 nitrogen and oxygen atoms in total. The Balaban J connectivity index is 1.85. The van der Waals surface area contributed by atoms with E-state index in [1.54, 1.807) is 4.68 Å². The lowest BCUT2D eigenvalue weighted by Gasteiger charge is -2.14. The molecule has 100 valence electrons. The summed E-state index contributed by atoms with van der Waals surface area (Å²) < 4.78 is 1.62. The average molecular weight is 271 g/mol. The minimum Gasteiger partial charge on any atom is -0.349 e. The molecule has 0 radical (unpaired) electrons. The van der Waals surface area contributed by atoms with Crippen molar-refractivity contribution in [2.75, 3.05) is 26.2 Å². The van der Waals surface area contributed by atoms with Crippen LogP contribution in [0.15, 0.2) is 6.20 Å². The van der Waals surface area contributed by atoms with Crippen molar-refractivity contribution in [3.05, 3.63) is 16.9 Å². The Bertz CT molecular complexity index is 412. The lowest BCUT2D eigenvalue weighted by atomic mass is 10.4. The van der Waals surface area contributed by atoms with E-state index in [0.717, 1.165) is 19.6 Å². The number of aromatic nitrogens is 2. The van der Waals surface area contributed by atoms with E-state index in [1.165, 1.54) is 19.0 Å². The fourth-order valence-electron chi connectivity index (χ4n) is 2.25. The molecule has 1 saturated heterocycles. The van der Waals surface area contributed by atoms with E-state index >= 15 is 0 Å². The van der Waals surface area contributed by atoms with Crippen LogP contribution < -0.4 is 5.32 Å². The largest absolute Gasteiger partial charge is 0.349 e. The first-order valence-electron chi connectivity index (χ1n) is 6.44. The van der Waals surface area contributed by atoms with Gasteiger partial charge in [-0.2, -0.15) is 5.10 Å². The normalized spacial score (nSPS) is 16.1. The summed E-state index contributed by atoms with van der Waals surface area (Å²) in [5.41, 5.74) is 0.459. The third kappa shape index (κ3) is 3.03. The van der Waals surface area contributed by atoms with Crippen molar-refractivity contribution in [2.24, 2.45) is 0 Å². The topological polar surface area (TPSA) is 50.2 Å². The highest BCUT2D eigenvalue weighted by molar-refractivity contribution is 6.33. The van der Waals surface area contributed by atoms with Gasteiger partial charge in [0.1, 0.15) is 5.69 Å². The first-order chi connectivity index (χ1) is 8.72. The molecule has 1 amide bonds. The number of carbonyl (C=O) groups excluding carboxylic acids is 1. The lowest BCUT2D eigenvalue weighted by molar-refractivity contribution is 0.0939. The lowest BCUT2D eigenvalue weighted by Crippen LogP contribution is -2.34. The van der Waals surface area contributed by atoms with Gasteiger partial charge >= 0.3 is 0 Å². The third-order valence-electron chi connectivity index (χ3n) is 3.22. The van der Waals surface area contributed by atoms with Crippen LogP contribution in [0.1, 0.15) is 30.3 Å². The first kappa shape index (κ1) is 13.4. The van der Waals surface area contributed by atoms with Crippen LogP contribution in [0.3, 0.4) is 0 Å². The minimum atomic E-state index is -0.140. The molecule has 1 aliphatic rings. The molecule has 0 spiro atoms. The van der Waals surface area contributed by atoms with E-state index in [4.69, 9.17) is 11.6 Å². The molecule has 2 heterocycles. The van der Waals surface area contributed by atoms with Crippen LogP contribution in [-0.2, 0) is 6.54 Å². The summed E-state index contributed by atoms with van der Waals surface area (Å²) >= 11 is 5.97. The van der Waals surface area contributed by atoms with Gasteiger partial charge < -0.3 is 10.2 Å². The number of carbonyl (C=O) groups is 1. The van der Waals surface area contributed by atoms with Crippen LogP contribution in [0.4, 0.5) is 0 Å². The van der Waals surface area contributed by atoms with Crippen molar-refractivity contribution in [3.8, 4) is 0 Å². The molecule has 1 aliphatic heterocycles. The Hall–Kier alpha value is -1.07. The van der Waals surface area contributed by atoms with Gasteiger partial charge in [0.2, 0.25) is 0 Å². The first-order valence-corrected chi connectivity index (χ1v) is 6.82. The van der Waals surface area contributed by atoms with E-state index in [9.17, 15) is 4.79 Å². The Kier molecular flexibility index (Phi) is 4.60. The zero-order valence-corrected chi connectivity index (χ0v) is 11.4. The van der Waals surface area contributed by atoms with Gasteiger partial charge in [0.25, 0.3) is 5.91 Å². The maximum Gasteiger partial charge on any atom is 0.271 e. The summed E-state index contributed by atoms with van der Waals surface area (Å²) in [6.07, 6.45) is 4.05. The quantitative estimate of drug-likeness (QED) is 0.880. The summed E-state index contributed by atoms with van der Waals surface area (Å²) in [5.74, 6) is -0.140. The van der Waals surface area contributed by atoms with Crippen LogP contribution in [0, 0.1) is 0 Å². The zero-order valence-electron chi connectivity index (χ0n) is 10.7. The van der Waals surface area contributed by atoms with Gasteiger partial charge in [0.05, 0.1) is 11.2 Å². The molecule has 0 unspecified atom stereocenters. The van der Waals surface area contributed by atoms with E-state index < -0.39 is 0 Å². The van der Waals surface area contributed by atoms with Gasteiger partial charge in [-0.25, -0.2) is 0 Å². The predicted molar refractivity (Wildman–Crippen MR) is 70.9 cm³/mol. The van der Waals surface area contributed by atoms with Crippen LogP contribution in [-0.4, -0.2) is 46.8 Å². The van der Waals surface area contributed by atoms with Crippen molar-refractivity contribution in [3.63, 3.8) is 0 Å². The van der Waals surface area contributed by atoms with E-state index in [2.05, 4.69) is 15.3 Å². The Morgan fingerprint density at radius 3 is 2.89 bits per heavy atom. The molecule has 0 bridgehead atoms. The van der Waals surface area contributed by atoms with Crippen molar-refractivity contribution in [1.29, 1.82) is 0 Å². The van der Waals surface area contributed by atoms with Crippen molar-refractivity contribution < 1.29 is 4.79 Å². The van der Waals surface area contributed by atoms with Gasteiger partial charge in [-0.15, -0.1) is 0 Å². The highest BCUT2D eigenvalue weighted by Gasteiger charge is 2.17. The Morgan fingerprint density at radius 2 is 2.22 bits per heavy atom. The fraction of sp³-hybridized carbons (Fsp3) is 0.667. The van der Waals surface area contributed by atoms with Gasteiger partial charge in [0.15, 0.2) is 0 Å². The molecule has 0 saturated carbocycles. The summed E-state index contributed by atoms with van der Waals surface area (Å²) in [6, 6.07) is 0. The molecule has 1 aromatic heterocycles. The average Bonchev–Trinajstić information content (AvgIpc) is 2.98. The maximum absolute atomic E-state index is 12.0. The summed E-state index contributed by atoms with van der Waals surface area (Å²) in [4.78, 5) is 14.4. The number of amides is 1. The second-order valence-corrected chi connectivity index (χ2v) is 4.87. The highest BCUT2D eigenvalue weighted by Crippen LogP contribution is 2.14. The molecule has 1 fully saturated rings. The van der Waals surface area contributed by atoms with Crippen LogP contribution >= 0.6 is 11.6 Å². The van der Waals surface area contributed by atoms with Crippen molar-refractivity contribution >= 4 is 17.5 Å². The maximum atomic E-state index is 12.0. The molecular formula is C12H19ClN4O. The summed E-state index contributed by atoms with van der Waals surface area (Å²) in [5, 5.41) is 7.37. The number of nitrogens with one attached hydrogen (secondary N) is 1. The molecule has 2 rings (SSSR count). The van der Waals surface area contributed by atoms with Gasteiger partial charge in [-0.1, -0.05) is 11.6 Å². The van der Waals surface area contributed by atoms with Gasteiger partial charge in [0, 0.05) is 19.6 Å². The number of hydrogen-bond donors (Lipinski definition) is 1. The second-order valence-electron chi connectivity index (χ2n) is 4.46. The van der Waals surface area contributed by atoms with Crippen LogP contribution in [0.2, 0.25) is 5.02 Å². The van der Waals surface area contributed by atoms with E-state index in [-0.39, 0.29) is 5.91 Å². The van der Waals surface area contributed by atoms with Crippen molar-refractivity contribution in [2.45, 2.75) is 26.3 Å².